The maximum absolute atomic E-state index is 13.9. The molecule has 34 heavy (non-hydrogen) atoms. The summed E-state index contributed by atoms with van der Waals surface area (Å²) in [5.74, 6) is 1.57. The number of benzene rings is 1. The highest BCUT2D eigenvalue weighted by Gasteiger charge is 2.57. The second-order valence-corrected chi connectivity index (χ2v) is 11.1. The summed E-state index contributed by atoms with van der Waals surface area (Å²) in [6.07, 6.45) is 8.35. The van der Waals surface area contributed by atoms with Crippen LogP contribution in [0.3, 0.4) is 0 Å². The monoisotopic (exact) mass is 469 g/mol. The van der Waals surface area contributed by atoms with E-state index in [0.717, 1.165) is 31.2 Å². The zero-order chi connectivity index (χ0) is 23.9. The first-order chi connectivity index (χ1) is 16.4. The number of hydrogen-bond donors (Lipinski definition) is 1. The Bertz CT molecular complexity index is 912. The number of nitrogens with one attached hydrogen (secondary N) is 1. The fraction of sp³-hybridized carbons (Fsp3) is 0.667. The lowest BCUT2D eigenvalue weighted by molar-refractivity contribution is -0.162. The smallest absolute Gasteiger partial charge is 0.245 e. The van der Waals surface area contributed by atoms with E-state index < -0.39 is 6.04 Å². The molecule has 1 heterocycles. The van der Waals surface area contributed by atoms with Crippen molar-refractivity contribution in [2.75, 3.05) is 19.6 Å². The summed E-state index contributed by atoms with van der Waals surface area (Å²) in [6.45, 7) is 3.17. The number of nitrogens with zero attached hydrogens (tertiary/aromatic N) is 2. The minimum atomic E-state index is -0.453. The van der Waals surface area contributed by atoms with Crippen LogP contribution < -0.4 is 5.32 Å². The average Bonchev–Trinajstić information content (AvgIpc) is 3.30. The molecule has 0 aromatic heterocycles. The van der Waals surface area contributed by atoms with Crippen LogP contribution in [0, 0.1) is 29.0 Å². The lowest BCUT2D eigenvalue weighted by Crippen LogP contribution is -2.58. The topological polar surface area (TPSA) is 69.7 Å². The molecule has 0 radical (unpaired) electrons. The predicted octanol–water partition coefficient (Wildman–Crippen LogP) is 3.50. The molecule has 6 rings (SSSR count). The molecule has 5 fully saturated rings. The molecule has 5 aliphatic rings. The normalized spacial score (nSPS) is 31.5. The number of carbonyl (C=O) groups is 3. The number of rotatable bonds is 7. The van der Waals surface area contributed by atoms with Gasteiger partial charge in [-0.15, -0.1) is 0 Å². The number of halogens is 1. The number of amides is 3. The van der Waals surface area contributed by atoms with E-state index in [9.17, 15) is 18.8 Å². The van der Waals surface area contributed by atoms with E-state index in [-0.39, 0.29) is 42.0 Å². The van der Waals surface area contributed by atoms with E-state index in [1.165, 1.54) is 31.4 Å². The summed E-state index contributed by atoms with van der Waals surface area (Å²) in [4.78, 5) is 43.3. The van der Waals surface area contributed by atoms with Gasteiger partial charge in [0.25, 0.3) is 0 Å². The van der Waals surface area contributed by atoms with Crippen LogP contribution in [0.15, 0.2) is 24.3 Å². The van der Waals surface area contributed by atoms with Gasteiger partial charge in [0.15, 0.2) is 0 Å². The Morgan fingerprint density at radius 3 is 2.26 bits per heavy atom. The van der Waals surface area contributed by atoms with E-state index in [1.807, 2.05) is 11.8 Å². The van der Waals surface area contributed by atoms with Gasteiger partial charge in [0, 0.05) is 19.6 Å². The molecule has 1 saturated heterocycles. The van der Waals surface area contributed by atoms with Gasteiger partial charge in [-0.3, -0.25) is 14.4 Å². The van der Waals surface area contributed by atoms with Crippen molar-refractivity contribution in [1.29, 1.82) is 0 Å². The summed E-state index contributed by atoms with van der Waals surface area (Å²) in [6, 6.07) is 5.53. The van der Waals surface area contributed by atoms with Crippen molar-refractivity contribution < 1.29 is 18.8 Å². The minimum absolute atomic E-state index is 0.0353. The Morgan fingerprint density at radius 2 is 1.68 bits per heavy atom. The first kappa shape index (κ1) is 23.3. The Hall–Kier alpha value is -2.44. The first-order valence-electron chi connectivity index (χ1n) is 13.0. The third kappa shape index (κ3) is 4.46. The lowest BCUT2D eigenvalue weighted by atomic mass is 9.49. The van der Waals surface area contributed by atoms with Gasteiger partial charge in [-0.25, -0.2) is 4.39 Å². The van der Waals surface area contributed by atoms with Crippen LogP contribution in [0.2, 0.25) is 0 Å². The van der Waals surface area contributed by atoms with Gasteiger partial charge in [-0.1, -0.05) is 12.1 Å². The number of likely N-dealkylation sites (tertiary alicyclic amines) is 1. The molecular formula is C27H36FN3O3. The molecule has 1 aromatic carbocycles. The van der Waals surface area contributed by atoms with Crippen molar-refractivity contribution in [3.05, 3.63) is 35.6 Å². The average molecular weight is 470 g/mol. The van der Waals surface area contributed by atoms with Crippen LogP contribution in [0.4, 0.5) is 4.39 Å². The van der Waals surface area contributed by atoms with E-state index in [0.29, 0.717) is 37.3 Å². The van der Waals surface area contributed by atoms with Crippen molar-refractivity contribution in [2.45, 2.75) is 70.9 Å². The molecule has 4 saturated carbocycles. The molecule has 3 amide bonds. The number of carbonyl (C=O) groups excluding carboxylic acids is 3. The highest BCUT2D eigenvalue weighted by molar-refractivity contribution is 5.92. The minimum Gasteiger partial charge on any atom is -0.350 e. The highest BCUT2D eigenvalue weighted by atomic mass is 19.1. The van der Waals surface area contributed by atoms with Gasteiger partial charge in [0.2, 0.25) is 17.7 Å². The predicted molar refractivity (Wildman–Crippen MR) is 126 cm³/mol. The summed E-state index contributed by atoms with van der Waals surface area (Å²) < 4.78 is 13.1. The van der Waals surface area contributed by atoms with E-state index in [1.54, 1.807) is 17.0 Å². The van der Waals surface area contributed by atoms with Crippen molar-refractivity contribution in [1.82, 2.24) is 15.1 Å². The molecule has 184 valence electrons. The largest absolute Gasteiger partial charge is 0.350 e. The van der Waals surface area contributed by atoms with E-state index >= 15 is 0 Å². The van der Waals surface area contributed by atoms with Gasteiger partial charge >= 0.3 is 0 Å². The Kier molecular flexibility index (Phi) is 6.38. The molecule has 1 aromatic rings. The second-order valence-electron chi connectivity index (χ2n) is 11.1. The van der Waals surface area contributed by atoms with Gasteiger partial charge in [0.05, 0.1) is 12.0 Å². The molecule has 7 heteroatoms. The number of hydrogen-bond acceptors (Lipinski definition) is 3. The molecule has 1 N–H and O–H groups in total. The van der Waals surface area contributed by atoms with Crippen LogP contribution >= 0.6 is 0 Å². The van der Waals surface area contributed by atoms with Gasteiger partial charge in [0.1, 0.15) is 11.9 Å². The third-order valence-electron chi connectivity index (χ3n) is 8.72. The molecule has 1 atom stereocenters. The molecule has 4 aliphatic carbocycles. The molecule has 1 aliphatic heterocycles. The Morgan fingerprint density at radius 1 is 1.06 bits per heavy atom. The standard InChI is InChI=1S/C27H36FN3O3/c1-2-30(17-24(32)29-16-18-5-7-22(28)8-6-18)25(33)23-4-3-9-31(23)26(34)27-13-19-10-20(14-27)12-21(11-19)15-27/h5-8,19-21,23H,2-4,9-17H2,1H3,(H,29,32)/t19?,20?,21?,23-,27?/m1/s1. The molecule has 0 unspecified atom stereocenters. The zero-order valence-electron chi connectivity index (χ0n) is 20.1. The van der Waals surface area contributed by atoms with E-state index in [2.05, 4.69) is 5.32 Å². The molecular weight excluding hydrogens is 433 g/mol. The third-order valence-corrected chi connectivity index (χ3v) is 8.72. The molecule has 0 spiro atoms. The SMILES string of the molecule is CCN(CC(=O)NCc1ccc(F)cc1)C(=O)[C@H]1CCCN1C(=O)C12CC3CC(CC(C3)C1)C2. The Balaban J connectivity index is 1.21. The van der Waals surface area contributed by atoms with Crippen molar-refractivity contribution in [3.63, 3.8) is 0 Å². The molecule has 6 nitrogen and oxygen atoms in total. The fourth-order valence-corrected chi connectivity index (χ4v) is 7.53. The van der Waals surface area contributed by atoms with E-state index in [4.69, 9.17) is 0 Å². The number of likely N-dealkylation sites (N-methyl/N-ethyl adjacent to an activating group) is 1. The van der Waals surface area contributed by atoms with Crippen LogP contribution in [-0.4, -0.2) is 53.2 Å². The van der Waals surface area contributed by atoms with Crippen LogP contribution in [-0.2, 0) is 20.9 Å². The fourth-order valence-electron chi connectivity index (χ4n) is 7.53. The van der Waals surface area contributed by atoms with Gasteiger partial charge in [-0.2, -0.15) is 0 Å². The maximum Gasteiger partial charge on any atom is 0.245 e. The van der Waals surface area contributed by atoms with Crippen LogP contribution in [0.25, 0.3) is 0 Å². The molecule has 4 bridgehead atoms. The quantitative estimate of drug-likeness (QED) is 0.665. The van der Waals surface area contributed by atoms with Gasteiger partial charge in [-0.05, 0) is 93.7 Å². The van der Waals surface area contributed by atoms with Crippen molar-refractivity contribution in [2.24, 2.45) is 23.2 Å². The van der Waals surface area contributed by atoms with Crippen LogP contribution in [0.5, 0.6) is 0 Å². The maximum atomic E-state index is 13.9. The van der Waals surface area contributed by atoms with Crippen molar-refractivity contribution >= 4 is 17.7 Å². The summed E-state index contributed by atoms with van der Waals surface area (Å²) >= 11 is 0. The highest BCUT2D eigenvalue weighted by Crippen LogP contribution is 2.60. The summed E-state index contributed by atoms with van der Waals surface area (Å²) in [7, 11) is 0. The summed E-state index contributed by atoms with van der Waals surface area (Å²) in [5, 5.41) is 2.82. The zero-order valence-corrected chi connectivity index (χ0v) is 20.1. The Labute approximate surface area is 201 Å². The van der Waals surface area contributed by atoms with Gasteiger partial charge < -0.3 is 15.1 Å². The van der Waals surface area contributed by atoms with Crippen LogP contribution in [0.1, 0.15) is 63.9 Å². The first-order valence-corrected chi connectivity index (χ1v) is 13.0. The second kappa shape index (κ2) is 9.31. The van der Waals surface area contributed by atoms with Crippen molar-refractivity contribution in [3.8, 4) is 0 Å². The summed E-state index contributed by atoms with van der Waals surface area (Å²) in [5.41, 5.74) is 0.550. The lowest BCUT2D eigenvalue weighted by Gasteiger charge is -2.56.